The third-order valence-electron chi connectivity index (χ3n) is 4.29. The van der Waals surface area contributed by atoms with Crippen LogP contribution in [0.25, 0.3) is 0 Å². The van der Waals surface area contributed by atoms with E-state index in [9.17, 15) is 4.79 Å². The number of nitrogens with zero attached hydrogens (tertiary/aromatic N) is 2. The van der Waals surface area contributed by atoms with Crippen LogP contribution in [-0.2, 0) is 6.54 Å². The molecule has 1 heterocycles. The Morgan fingerprint density at radius 3 is 2.46 bits per heavy atom. The average molecular weight is 389 g/mol. The maximum absolute atomic E-state index is 12.5. The van der Waals surface area contributed by atoms with Gasteiger partial charge in [-0.3, -0.25) is 9.69 Å². The van der Waals surface area contributed by atoms with Crippen molar-refractivity contribution in [2.45, 2.75) is 6.54 Å². The van der Waals surface area contributed by atoms with Gasteiger partial charge in [0.1, 0.15) is 5.75 Å². The highest BCUT2D eigenvalue weighted by Gasteiger charge is 2.22. The molecule has 3 rings (SSSR count). The fourth-order valence-electron chi connectivity index (χ4n) is 2.91. The Labute approximate surface area is 151 Å². The summed E-state index contributed by atoms with van der Waals surface area (Å²) in [5.74, 6) is 1.00. The second-order valence-corrected chi connectivity index (χ2v) is 6.84. The topological polar surface area (TPSA) is 32.8 Å². The van der Waals surface area contributed by atoms with Crippen LogP contribution in [-0.4, -0.2) is 49.0 Å². The van der Waals surface area contributed by atoms with Crippen LogP contribution in [0.3, 0.4) is 0 Å². The fourth-order valence-corrected chi connectivity index (χ4v) is 3.18. The van der Waals surface area contributed by atoms with Crippen molar-refractivity contribution >= 4 is 21.8 Å². The van der Waals surface area contributed by atoms with Gasteiger partial charge in [-0.1, -0.05) is 28.1 Å². The zero-order valence-electron chi connectivity index (χ0n) is 13.7. The van der Waals surface area contributed by atoms with Crippen molar-refractivity contribution in [1.29, 1.82) is 0 Å². The van der Waals surface area contributed by atoms with Crippen LogP contribution in [0.5, 0.6) is 5.75 Å². The van der Waals surface area contributed by atoms with E-state index in [1.807, 2.05) is 41.3 Å². The number of carbonyl (C=O) groups excluding carboxylic acids is 1. The van der Waals surface area contributed by atoms with Gasteiger partial charge in [0, 0.05) is 42.8 Å². The first-order valence-electron chi connectivity index (χ1n) is 8.06. The molecule has 1 amide bonds. The molecule has 126 valence electrons. The number of ether oxygens (including phenoxy) is 1. The van der Waals surface area contributed by atoms with Gasteiger partial charge in [0.05, 0.1) is 7.11 Å². The van der Waals surface area contributed by atoms with Gasteiger partial charge in [-0.05, 0) is 42.0 Å². The fraction of sp³-hybridized carbons (Fsp3) is 0.316. The summed E-state index contributed by atoms with van der Waals surface area (Å²) in [6.07, 6.45) is 0. The molecule has 24 heavy (non-hydrogen) atoms. The van der Waals surface area contributed by atoms with Crippen LogP contribution in [0, 0.1) is 0 Å². The van der Waals surface area contributed by atoms with E-state index in [1.165, 1.54) is 5.56 Å². The van der Waals surface area contributed by atoms with Gasteiger partial charge in [0.2, 0.25) is 0 Å². The maximum atomic E-state index is 12.5. The van der Waals surface area contributed by atoms with Crippen LogP contribution < -0.4 is 4.74 Å². The van der Waals surface area contributed by atoms with Crippen molar-refractivity contribution in [3.63, 3.8) is 0 Å². The van der Waals surface area contributed by atoms with E-state index < -0.39 is 0 Å². The molecule has 0 atom stereocenters. The Kier molecular flexibility index (Phi) is 5.53. The molecule has 2 aromatic carbocycles. The third-order valence-corrected chi connectivity index (χ3v) is 4.82. The van der Waals surface area contributed by atoms with E-state index in [0.717, 1.165) is 48.5 Å². The largest absolute Gasteiger partial charge is 0.497 e. The van der Waals surface area contributed by atoms with E-state index >= 15 is 0 Å². The van der Waals surface area contributed by atoms with Gasteiger partial charge in [0.25, 0.3) is 5.91 Å². The molecule has 1 fully saturated rings. The minimum absolute atomic E-state index is 0.114. The average Bonchev–Trinajstić information content (AvgIpc) is 2.62. The molecular formula is C19H21BrN2O2. The molecule has 0 bridgehead atoms. The molecule has 5 heteroatoms. The Morgan fingerprint density at radius 2 is 1.79 bits per heavy atom. The first-order chi connectivity index (χ1) is 11.7. The van der Waals surface area contributed by atoms with Crippen molar-refractivity contribution in [1.82, 2.24) is 9.80 Å². The van der Waals surface area contributed by atoms with E-state index in [0.29, 0.717) is 0 Å². The quantitative estimate of drug-likeness (QED) is 0.804. The number of halogens is 1. The van der Waals surface area contributed by atoms with Crippen LogP contribution >= 0.6 is 15.9 Å². The van der Waals surface area contributed by atoms with Crippen molar-refractivity contribution in [2.24, 2.45) is 0 Å². The molecule has 0 unspecified atom stereocenters. The van der Waals surface area contributed by atoms with Gasteiger partial charge < -0.3 is 9.64 Å². The normalized spacial score (nSPS) is 15.3. The summed E-state index contributed by atoms with van der Waals surface area (Å²) in [6.45, 7) is 4.19. The zero-order valence-corrected chi connectivity index (χ0v) is 15.3. The molecular weight excluding hydrogens is 368 g/mol. The summed E-state index contributed by atoms with van der Waals surface area (Å²) in [6, 6.07) is 15.7. The predicted octanol–water partition coefficient (Wildman–Crippen LogP) is 3.42. The first kappa shape index (κ1) is 17.0. The number of hydrogen-bond acceptors (Lipinski definition) is 3. The Balaban J connectivity index is 1.55. The molecule has 1 saturated heterocycles. The summed E-state index contributed by atoms with van der Waals surface area (Å²) in [5, 5.41) is 0. The second-order valence-electron chi connectivity index (χ2n) is 5.93. The smallest absolute Gasteiger partial charge is 0.253 e. The Hall–Kier alpha value is -1.85. The lowest BCUT2D eigenvalue weighted by Crippen LogP contribution is -2.48. The number of carbonyl (C=O) groups is 1. The zero-order chi connectivity index (χ0) is 16.9. The van der Waals surface area contributed by atoms with Crippen molar-refractivity contribution in [3.8, 4) is 5.75 Å². The number of benzene rings is 2. The molecule has 1 aliphatic rings. The molecule has 0 radical (unpaired) electrons. The number of methoxy groups -OCH3 is 1. The van der Waals surface area contributed by atoms with Crippen LogP contribution in [0.15, 0.2) is 53.0 Å². The molecule has 2 aromatic rings. The van der Waals surface area contributed by atoms with Gasteiger partial charge in [0.15, 0.2) is 0 Å². The highest BCUT2D eigenvalue weighted by Crippen LogP contribution is 2.17. The lowest BCUT2D eigenvalue weighted by Gasteiger charge is -2.34. The van der Waals surface area contributed by atoms with Crippen molar-refractivity contribution in [3.05, 3.63) is 64.1 Å². The number of amides is 1. The first-order valence-corrected chi connectivity index (χ1v) is 8.85. The standard InChI is InChI=1S/C19H21BrN2O2/c1-24-18-4-2-3-15(13-18)14-21-9-11-22(12-10-21)19(23)16-5-7-17(20)8-6-16/h2-8,13H,9-12,14H2,1H3. The monoisotopic (exact) mass is 388 g/mol. The highest BCUT2D eigenvalue weighted by molar-refractivity contribution is 9.10. The summed E-state index contributed by atoms with van der Waals surface area (Å²) in [7, 11) is 1.69. The molecule has 1 aliphatic heterocycles. The predicted molar refractivity (Wildman–Crippen MR) is 98.3 cm³/mol. The minimum Gasteiger partial charge on any atom is -0.497 e. The van der Waals surface area contributed by atoms with Crippen molar-refractivity contribution in [2.75, 3.05) is 33.3 Å². The lowest BCUT2D eigenvalue weighted by atomic mass is 10.1. The second kappa shape index (κ2) is 7.81. The molecule has 0 N–H and O–H groups in total. The van der Waals surface area contributed by atoms with Gasteiger partial charge in [-0.25, -0.2) is 0 Å². The van der Waals surface area contributed by atoms with Crippen molar-refractivity contribution < 1.29 is 9.53 Å². The Bertz CT molecular complexity index is 695. The van der Waals surface area contributed by atoms with Gasteiger partial charge >= 0.3 is 0 Å². The van der Waals surface area contributed by atoms with Gasteiger partial charge in [-0.2, -0.15) is 0 Å². The summed E-state index contributed by atoms with van der Waals surface area (Å²) in [4.78, 5) is 16.8. The number of piperazine rings is 1. The highest BCUT2D eigenvalue weighted by atomic mass is 79.9. The summed E-state index contributed by atoms with van der Waals surface area (Å²) >= 11 is 3.40. The summed E-state index contributed by atoms with van der Waals surface area (Å²) in [5.41, 5.74) is 1.99. The van der Waals surface area contributed by atoms with Crippen LogP contribution in [0.4, 0.5) is 0 Å². The van der Waals surface area contributed by atoms with E-state index in [4.69, 9.17) is 4.74 Å². The molecule has 0 saturated carbocycles. The number of rotatable bonds is 4. The van der Waals surface area contributed by atoms with Crippen LogP contribution in [0.2, 0.25) is 0 Å². The van der Waals surface area contributed by atoms with E-state index in [2.05, 4.69) is 33.0 Å². The number of hydrogen-bond donors (Lipinski definition) is 0. The maximum Gasteiger partial charge on any atom is 0.253 e. The lowest BCUT2D eigenvalue weighted by molar-refractivity contribution is 0.0628. The SMILES string of the molecule is COc1cccc(CN2CCN(C(=O)c3ccc(Br)cc3)CC2)c1. The Morgan fingerprint density at radius 1 is 1.08 bits per heavy atom. The molecule has 0 aromatic heterocycles. The minimum atomic E-state index is 0.114. The third kappa shape index (κ3) is 4.16. The molecule has 0 spiro atoms. The van der Waals surface area contributed by atoms with E-state index in [1.54, 1.807) is 7.11 Å². The van der Waals surface area contributed by atoms with Crippen LogP contribution in [0.1, 0.15) is 15.9 Å². The molecule has 0 aliphatic carbocycles. The van der Waals surface area contributed by atoms with Gasteiger partial charge in [-0.15, -0.1) is 0 Å². The summed E-state index contributed by atoms with van der Waals surface area (Å²) < 4.78 is 6.26. The molecule has 4 nitrogen and oxygen atoms in total. The van der Waals surface area contributed by atoms with E-state index in [-0.39, 0.29) is 5.91 Å².